The van der Waals surface area contributed by atoms with Crippen LogP contribution in [0.1, 0.15) is 39.5 Å². The summed E-state index contributed by atoms with van der Waals surface area (Å²) < 4.78 is 8.12. The van der Waals surface area contributed by atoms with E-state index in [1.807, 2.05) is 28.9 Å². The van der Waals surface area contributed by atoms with E-state index in [2.05, 4.69) is 61.3 Å². The maximum absolute atomic E-state index is 6.21. The predicted molar refractivity (Wildman–Crippen MR) is 121 cm³/mol. The van der Waals surface area contributed by atoms with Crippen molar-refractivity contribution in [2.24, 2.45) is 0 Å². The van der Waals surface area contributed by atoms with E-state index in [4.69, 9.17) is 9.84 Å². The summed E-state index contributed by atoms with van der Waals surface area (Å²) in [4.78, 5) is 2.52. The van der Waals surface area contributed by atoms with E-state index in [1.54, 1.807) is 0 Å². The molecule has 154 valence electrons. The molecule has 0 N–H and O–H groups in total. The van der Waals surface area contributed by atoms with Gasteiger partial charge in [-0.25, -0.2) is 4.68 Å². The Balaban J connectivity index is 1.74. The van der Waals surface area contributed by atoms with E-state index < -0.39 is 0 Å². The van der Waals surface area contributed by atoms with Crippen LogP contribution in [0.15, 0.2) is 66.9 Å². The number of benzene rings is 2. The maximum Gasteiger partial charge on any atom is 0.241 e. The van der Waals surface area contributed by atoms with E-state index in [9.17, 15) is 0 Å². The molecule has 0 radical (unpaired) electrons. The molecule has 0 aliphatic heterocycles. The molecule has 0 fully saturated rings. The van der Waals surface area contributed by atoms with Gasteiger partial charge < -0.3 is 4.74 Å². The molecule has 4 heteroatoms. The number of hydrogen-bond acceptors (Lipinski definition) is 3. The molecule has 3 aromatic rings. The van der Waals surface area contributed by atoms with E-state index in [0.29, 0.717) is 12.5 Å². The van der Waals surface area contributed by atoms with Crippen LogP contribution in [-0.2, 0) is 0 Å². The van der Waals surface area contributed by atoms with Crippen molar-refractivity contribution in [3.05, 3.63) is 66.9 Å². The lowest BCUT2D eigenvalue weighted by atomic mass is 10.1. The smallest absolute Gasteiger partial charge is 0.241 e. The highest BCUT2D eigenvalue weighted by Crippen LogP contribution is 2.30. The minimum absolute atomic E-state index is 0.652. The summed E-state index contributed by atoms with van der Waals surface area (Å²) in [7, 11) is 0. The molecule has 2 aromatic carbocycles. The third-order valence-electron chi connectivity index (χ3n) is 5.09. The zero-order valence-corrected chi connectivity index (χ0v) is 17.8. The molecule has 0 unspecified atom stereocenters. The van der Waals surface area contributed by atoms with Gasteiger partial charge in [-0.3, -0.25) is 4.90 Å². The second-order valence-electron chi connectivity index (χ2n) is 7.39. The highest BCUT2D eigenvalue weighted by atomic mass is 16.5. The number of aromatic nitrogens is 2. The lowest BCUT2D eigenvalue weighted by Gasteiger charge is -2.21. The van der Waals surface area contributed by atoms with Crippen LogP contribution in [-0.4, -0.2) is 40.9 Å². The first-order valence-electron chi connectivity index (χ1n) is 10.9. The Labute approximate surface area is 175 Å². The first kappa shape index (κ1) is 21.1. The molecule has 0 amide bonds. The average Bonchev–Trinajstić information content (AvgIpc) is 3.20. The molecular weight excluding hydrogens is 358 g/mol. The molecule has 0 bridgehead atoms. The molecule has 0 saturated carbocycles. The number of rotatable bonds is 12. The molecular formula is C25H33N3O. The first-order chi connectivity index (χ1) is 14.3. The van der Waals surface area contributed by atoms with Gasteiger partial charge in [-0.1, -0.05) is 75.2 Å². The molecule has 0 spiro atoms. The zero-order valence-electron chi connectivity index (χ0n) is 17.8. The molecule has 3 rings (SSSR count). The summed E-state index contributed by atoms with van der Waals surface area (Å²) in [5, 5.41) is 4.75. The van der Waals surface area contributed by atoms with Crippen molar-refractivity contribution in [3.63, 3.8) is 0 Å². The van der Waals surface area contributed by atoms with Crippen molar-refractivity contribution in [2.45, 2.75) is 39.5 Å². The fourth-order valence-electron chi connectivity index (χ4n) is 3.36. The monoisotopic (exact) mass is 391 g/mol. The van der Waals surface area contributed by atoms with Crippen molar-refractivity contribution >= 4 is 0 Å². The first-order valence-corrected chi connectivity index (χ1v) is 10.9. The lowest BCUT2D eigenvalue weighted by Crippen LogP contribution is -2.30. The number of para-hydroxylation sites is 1. The molecule has 0 saturated heterocycles. The fraction of sp³-hybridized carbons (Fsp3) is 0.400. The largest absolute Gasteiger partial charge is 0.475 e. The van der Waals surface area contributed by atoms with Crippen molar-refractivity contribution in [3.8, 4) is 22.7 Å². The van der Waals surface area contributed by atoms with E-state index in [1.165, 1.54) is 25.7 Å². The summed E-state index contributed by atoms with van der Waals surface area (Å²) in [5.41, 5.74) is 3.19. The molecule has 1 heterocycles. The number of unbranched alkanes of at least 4 members (excludes halogenated alkanes) is 2. The van der Waals surface area contributed by atoms with Crippen LogP contribution < -0.4 is 4.74 Å². The van der Waals surface area contributed by atoms with Crippen LogP contribution in [0, 0.1) is 0 Å². The van der Waals surface area contributed by atoms with Gasteiger partial charge in [0.15, 0.2) is 0 Å². The van der Waals surface area contributed by atoms with Crippen LogP contribution in [0.25, 0.3) is 16.8 Å². The Bertz CT molecular complexity index is 822. The van der Waals surface area contributed by atoms with Gasteiger partial charge in [0.2, 0.25) is 5.88 Å². The normalized spacial score (nSPS) is 11.1. The Kier molecular flexibility index (Phi) is 8.32. The van der Waals surface area contributed by atoms with Crippen LogP contribution in [0.3, 0.4) is 0 Å². The molecule has 1 aromatic heterocycles. The van der Waals surface area contributed by atoms with E-state index in [-0.39, 0.29) is 0 Å². The van der Waals surface area contributed by atoms with Crippen LogP contribution >= 0.6 is 0 Å². The number of ether oxygens (including phenoxy) is 1. The average molecular weight is 392 g/mol. The Hall–Kier alpha value is -2.59. The Morgan fingerprint density at radius 3 is 2.07 bits per heavy atom. The van der Waals surface area contributed by atoms with Gasteiger partial charge >= 0.3 is 0 Å². The summed E-state index contributed by atoms with van der Waals surface area (Å²) >= 11 is 0. The highest BCUT2D eigenvalue weighted by Gasteiger charge is 2.14. The lowest BCUT2D eigenvalue weighted by molar-refractivity contribution is 0.200. The Morgan fingerprint density at radius 2 is 1.45 bits per heavy atom. The number of hydrogen-bond donors (Lipinski definition) is 0. The fourth-order valence-corrected chi connectivity index (χ4v) is 3.36. The van der Waals surface area contributed by atoms with Crippen molar-refractivity contribution < 1.29 is 4.74 Å². The minimum atomic E-state index is 0.652. The van der Waals surface area contributed by atoms with Gasteiger partial charge in [0.1, 0.15) is 6.61 Å². The van der Waals surface area contributed by atoms with Gasteiger partial charge in [-0.05, 0) is 43.6 Å². The van der Waals surface area contributed by atoms with Gasteiger partial charge in [0.05, 0.1) is 11.3 Å². The predicted octanol–water partition coefficient (Wildman–Crippen LogP) is 5.82. The minimum Gasteiger partial charge on any atom is -0.475 e. The summed E-state index contributed by atoms with van der Waals surface area (Å²) in [6, 6.07) is 20.5. The number of nitrogens with zero attached hydrogens (tertiary/aromatic N) is 3. The summed E-state index contributed by atoms with van der Waals surface area (Å²) in [6.45, 7) is 8.37. The highest BCUT2D eigenvalue weighted by molar-refractivity contribution is 5.68. The van der Waals surface area contributed by atoms with Gasteiger partial charge in [0, 0.05) is 12.7 Å². The van der Waals surface area contributed by atoms with Crippen molar-refractivity contribution in [1.82, 2.24) is 14.7 Å². The maximum atomic E-state index is 6.21. The molecule has 0 aliphatic rings. The van der Waals surface area contributed by atoms with Crippen LogP contribution in [0.4, 0.5) is 0 Å². The third kappa shape index (κ3) is 6.20. The SMILES string of the molecule is CCCCN(CCCC)CCOc1nn(-c2ccccc2)cc1-c1ccccc1. The molecule has 4 nitrogen and oxygen atoms in total. The topological polar surface area (TPSA) is 30.3 Å². The second-order valence-corrected chi connectivity index (χ2v) is 7.39. The third-order valence-corrected chi connectivity index (χ3v) is 5.09. The molecule has 0 atom stereocenters. The van der Waals surface area contributed by atoms with Crippen LogP contribution in [0.5, 0.6) is 5.88 Å². The van der Waals surface area contributed by atoms with Crippen molar-refractivity contribution in [1.29, 1.82) is 0 Å². The molecule has 29 heavy (non-hydrogen) atoms. The van der Waals surface area contributed by atoms with Gasteiger partial charge in [-0.2, -0.15) is 0 Å². The quantitative estimate of drug-likeness (QED) is 0.390. The van der Waals surface area contributed by atoms with E-state index in [0.717, 1.165) is 36.4 Å². The van der Waals surface area contributed by atoms with Crippen LogP contribution in [0.2, 0.25) is 0 Å². The zero-order chi connectivity index (χ0) is 20.3. The summed E-state index contributed by atoms with van der Waals surface area (Å²) in [5.74, 6) is 0.700. The van der Waals surface area contributed by atoms with Gasteiger partial charge in [-0.15, -0.1) is 5.10 Å². The Morgan fingerprint density at radius 1 is 0.828 bits per heavy atom. The molecule has 0 aliphatic carbocycles. The van der Waals surface area contributed by atoms with Crippen molar-refractivity contribution in [2.75, 3.05) is 26.2 Å². The van der Waals surface area contributed by atoms with Gasteiger partial charge in [0.25, 0.3) is 0 Å². The standard InChI is InChI=1S/C25H33N3O/c1-3-5-17-27(18-6-4-2)19-20-29-25-24(22-13-9-7-10-14-22)21-28(26-25)23-15-11-8-12-16-23/h7-16,21H,3-6,17-20H2,1-2H3. The summed E-state index contributed by atoms with van der Waals surface area (Å²) in [6.07, 6.45) is 6.99. The second kappa shape index (κ2) is 11.4. The van der Waals surface area contributed by atoms with E-state index >= 15 is 0 Å².